The van der Waals surface area contributed by atoms with Gasteiger partial charge in [-0.25, -0.2) is 0 Å². The van der Waals surface area contributed by atoms with E-state index in [1.165, 1.54) is 0 Å². The van der Waals surface area contributed by atoms with Crippen molar-refractivity contribution in [3.05, 3.63) is 11.8 Å². The predicted octanol–water partition coefficient (Wildman–Crippen LogP) is 1.31. The third kappa shape index (κ3) is 1.02. The van der Waals surface area contributed by atoms with E-state index < -0.39 is 0 Å². The molecule has 3 aliphatic rings. The lowest BCUT2D eigenvalue weighted by molar-refractivity contribution is 0.119. The zero-order valence-electron chi connectivity index (χ0n) is 9.83. The van der Waals surface area contributed by atoms with E-state index >= 15 is 0 Å². The Morgan fingerprint density at radius 1 is 0.867 bits per heavy atom. The summed E-state index contributed by atoms with van der Waals surface area (Å²) in [4.78, 5) is 4.59. The Hall–Kier alpha value is -1.06. The predicted molar refractivity (Wildman–Crippen MR) is 55.6 cm³/mol. The number of nitrogens with zero attached hydrogens (tertiary/aromatic N) is 2. The Balaban J connectivity index is 2.00. The van der Waals surface area contributed by atoms with Crippen molar-refractivity contribution in [2.24, 2.45) is 0 Å². The van der Waals surface area contributed by atoms with Gasteiger partial charge in [-0.2, -0.15) is 0 Å². The standard InChI is InChI=1S/C11H18N2O2/c1-10(2)5-14-8-9-13(7-12(8)10)11(3,4)6-15-9/h5-7H2,1-4H3. The molecule has 3 rings (SSSR count). The van der Waals surface area contributed by atoms with E-state index in [0.717, 1.165) is 31.6 Å². The van der Waals surface area contributed by atoms with Crippen molar-refractivity contribution in [2.45, 2.75) is 38.8 Å². The van der Waals surface area contributed by atoms with Crippen LogP contribution in [-0.4, -0.2) is 40.8 Å². The third-order valence-corrected chi connectivity index (χ3v) is 3.54. The minimum Gasteiger partial charge on any atom is -0.473 e. The summed E-state index contributed by atoms with van der Waals surface area (Å²) < 4.78 is 11.5. The maximum atomic E-state index is 5.74. The summed E-state index contributed by atoms with van der Waals surface area (Å²) in [6, 6.07) is 0. The minimum absolute atomic E-state index is 0.0894. The lowest BCUT2D eigenvalue weighted by atomic mass is 10.1. The highest BCUT2D eigenvalue weighted by atomic mass is 16.6. The van der Waals surface area contributed by atoms with E-state index in [9.17, 15) is 0 Å². The van der Waals surface area contributed by atoms with Gasteiger partial charge in [0.25, 0.3) is 11.8 Å². The number of hydrogen-bond acceptors (Lipinski definition) is 4. The van der Waals surface area contributed by atoms with Crippen molar-refractivity contribution in [1.29, 1.82) is 0 Å². The van der Waals surface area contributed by atoms with Gasteiger partial charge in [-0.15, -0.1) is 0 Å². The quantitative estimate of drug-likeness (QED) is 0.602. The van der Waals surface area contributed by atoms with E-state index in [1.54, 1.807) is 0 Å². The van der Waals surface area contributed by atoms with Crippen LogP contribution in [-0.2, 0) is 9.47 Å². The maximum absolute atomic E-state index is 5.74. The summed E-state index contributed by atoms with van der Waals surface area (Å²) in [6.07, 6.45) is 0. The summed E-state index contributed by atoms with van der Waals surface area (Å²) in [6.45, 7) is 11.2. The first-order chi connectivity index (χ1) is 6.92. The van der Waals surface area contributed by atoms with Gasteiger partial charge >= 0.3 is 0 Å². The smallest absolute Gasteiger partial charge is 0.254 e. The minimum atomic E-state index is 0.0894. The molecule has 15 heavy (non-hydrogen) atoms. The molecule has 3 aliphatic heterocycles. The molecule has 2 fully saturated rings. The molecular weight excluding hydrogens is 192 g/mol. The maximum Gasteiger partial charge on any atom is 0.254 e. The van der Waals surface area contributed by atoms with E-state index in [4.69, 9.17) is 9.47 Å². The second-order valence-electron chi connectivity index (χ2n) is 5.81. The molecule has 2 saturated heterocycles. The summed E-state index contributed by atoms with van der Waals surface area (Å²) in [5.41, 5.74) is 0.179. The lowest BCUT2D eigenvalue weighted by Crippen LogP contribution is -2.46. The molecule has 0 amide bonds. The van der Waals surface area contributed by atoms with Crippen LogP contribution in [0.2, 0.25) is 0 Å². The molecule has 0 aromatic rings. The molecule has 0 radical (unpaired) electrons. The highest BCUT2D eigenvalue weighted by Crippen LogP contribution is 2.43. The second kappa shape index (κ2) is 2.36. The molecule has 0 spiro atoms. The number of ether oxygens (including phenoxy) is 2. The molecule has 0 unspecified atom stereocenters. The Morgan fingerprint density at radius 3 is 1.67 bits per heavy atom. The van der Waals surface area contributed by atoms with Crippen molar-refractivity contribution in [3.8, 4) is 0 Å². The number of rotatable bonds is 0. The van der Waals surface area contributed by atoms with Gasteiger partial charge in [0.05, 0.1) is 17.7 Å². The molecule has 0 N–H and O–H groups in total. The molecule has 4 nitrogen and oxygen atoms in total. The Labute approximate surface area is 90.4 Å². The van der Waals surface area contributed by atoms with Crippen LogP contribution in [0, 0.1) is 0 Å². The fourth-order valence-corrected chi connectivity index (χ4v) is 2.36. The van der Waals surface area contributed by atoms with Gasteiger partial charge < -0.3 is 19.3 Å². The molecule has 4 heteroatoms. The molecular formula is C11H18N2O2. The van der Waals surface area contributed by atoms with E-state index in [1.807, 2.05) is 0 Å². The molecule has 0 aromatic carbocycles. The lowest BCUT2D eigenvalue weighted by Gasteiger charge is -2.33. The zero-order valence-corrected chi connectivity index (χ0v) is 9.83. The average Bonchev–Trinajstić information content (AvgIpc) is 2.69. The van der Waals surface area contributed by atoms with Gasteiger partial charge in [-0.1, -0.05) is 0 Å². The van der Waals surface area contributed by atoms with Crippen LogP contribution in [0.3, 0.4) is 0 Å². The Morgan fingerprint density at radius 2 is 1.27 bits per heavy atom. The fourth-order valence-electron chi connectivity index (χ4n) is 2.36. The van der Waals surface area contributed by atoms with Gasteiger partial charge in [0.2, 0.25) is 0 Å². The SMILES string of the molecule is CC1(C)COC2=C3OCC(C)(C)N3CN21. The molecule has 84 valence electrons. The first-order valence-electron chi connectivity index (χ1n) is 5.47. The van der Waals surface area contributed by atoms with Crippen molar-refractivity contribution < 1.29 is 9.47 Å². The van der Waals surface area contributed by atoms with Gasteiger partial charge in [-0.05, 0) is 27.7 Å². The number of fused-ring (bicyclic) bond motifs is 2. The molecule has 3 heterocycles. The van der Waals surface area contributed by atoms with Crippen LogP contribution in [0.5, 0.6) is 0 Å². The van der Waals surface area contributed by atoms with Crippen LogP contribution in [0.15, 0.2) is 11.8 Å². The summed E-state index contributed by atoms with van der Waals surface area (Å²) >= 11 is 0. The van der Waals surface area contributed by atoms with Gasteiger partial charge in [0, 0.05) is 0 Å². The van der Waals surface area contributed by atoms with E-state index in [2.05, 4.69) is 37.5 Å². The number of hydrogen-bond donors (Lipinski definition) is 0. The van der Waals surface area contributed by atoms with Crippen LogP contribution in [0.25, 0.3) is 0 Å². The van der Waals surface area contributed by atoms with Gasteiger partial charge in [-0.3, -0.25) is 0 Å². The molecule has 0 bridgehead atoms. The first kappa shape index (κ1) is 9.19. The van der Waals surface area contributed by atoms with Crippen molar-refractivity contribution in [2.75, 3.05) is 19.9 Å². The normalized spacial score (nSPS) is 30.1. The highest BCUT2D eigenvalue weighted by molar-refractivity contribution is 5.20. The highest BCUT2D eigenvalue weighted by Gasteiger charge is 2.52. The Kier molecular flexibility index (Phi) is 1.45. The second-order valence-corrected chi connectivity index (χ2v) is 5.81. The monoisotopic (exact) mass is 210 g/mol. The van der Waals surface area contributed by atoms with Crippen LogP contribution < -0.4 is 0 Å². The zero-order chi connectivity index (χ0) is 10.8. The van der Waals surface area contributed by atoms with Gasteiger partial charge in [0.1, 0.15) is 13.2 Å². The summed E-state index contributed by atoms with van der Waals surface area (Å²) in [5, 5.41) is 0. The summed E-state index contributed by atoms with van der Waals surface area (Å²) in [7, 11) is 0. The van der Waals surface area contributed by atoms with Crippen LogP contribution in [0.4, 0.5) is 0 Å². The average molecular weight is 210 g/mol. The third-order valence-electron chi connectivity index (χ3n) is 3.54. The first-order valence-corrected chi connectivity index (χ1v) is 5.47. The van der Waals surface area contributed by atoms with Crippen LogP contribution >= 0.6 is 0 Å². The van der Waals surface area contributed by atoms with Crippen LogP contribution in [0.1, 0.15) is 27.7 Å². The Bertz CT molecular complexity index is 314. The van der Waals surface area contributed by atoms with E-state index in [0.29, 0.717) is 0 Å². The largest absolute Gasteiger partial charge is 0.473 e. The molecule has 0 aliphatic carbocycles. The molecule has 0 aromatic heterocycles. The topological polar surface area (TPSA) is 24.9 Å². The summed E-state index contributed by atoms with van der Waals surface area (Å²) in [5.74, 6) is 1.87. The van der Waals surface area contributed by atoms with Gasteiger partial charge in [0.15, 0.2) is 0 Å². The van der Waals surface area contributed by atoms with Crippen molar-refractivity contribution >= 4 is 0 Å². The fraction of sp³-hybridized carbons (Fsp3) is 0.818. The van der Waals surface area contributed by atoms with E-state index in [-0.39, 0.29) is 11.1 Å². The molecule has 0 saturated carbocycles. The molecule has 0 atom stereocenters. The van der Waals surface area contributed by atoms with Crippen molar-refractivity contribution in [1.82, 2.24) is 9.80 Å². The van der Waals surface area contributed by atoms with Crippen molar-refractivity contribution in [3.63, 3.8) is 0 Å².